The molecule has 0 aliphatic rings. The molecule has 0 atom stereocenters. The molecule has 0 saturated heterocycles. The summed E-state index contributed by atoms with van der Waals surface area (Å²) in [6.45, 7) is 7.64. The lowest BCUT2D eigenvalue weighted by Gasteiger charge is -2.13. The minimum atomic E-state index is -0.365. The molecular weight excluding hydrogens is 392 g/mol. The van der Waals surface area contributed by atoms with Crippen molar-refractivity contribution in [1.29, 1.82) is 0 Å². The van der Waals surface area contributed by atoms with Crippen molar-refractivity contribution in [2.24, 2.45) is 0 Å². The van der Waals surface area contributed by atoms with E-state index in [-0.39, 0.29) is 30.5 Å². The largest absolute Gasteiger partial charge is 0.347 e. The highest BCUT2D eigenvalue weighted by atomic mass is 16.2. The smallest absolute Gasteiger partial charge is 0.326 e. The van der Waals surface area contributed by atoms with Crippen LogP contribution in [0, 0.1) is 27.7 Å². The SMILES string of the molecule is Cc1ccc(NC(=O)c2ccc(C)c(NC(=O)CCn3c(C)cc(C)nc3=O)c2)cc1. The van der Waals surface area contributed by atoms with Gasteiger partial charge in [-0.25, -0.2) is 4.79 Å². The van der Waals surface area contributed by atoms with E-state index < -0.39 is 0 Å². The molecule has 160 valence electrons. The fourth-order valence-electron chi connectivity index (χ4n) is 3.21. The first-order valence-corrected chi connectivity index (χ1v) is 10.1. The van der Waals surface area contributed by atoms with Crippen molar-refractivity contribution in [2.75, 3.05) is 10.6 Å². The van der Waals surface area contributed by atoms with Crippen molar-refractivity contribution in [2.45, 2.75) is 40.7 Å². The van der Waals surface area contributed by atoms with Gasteiger partial charge in [-0.3, -0.25) is 14.2 Å². The number of carbonyl (C=O) groups excluding carboxylic acids is 2. The van der Waals surface area contributed by atoms with Crippen LogP contribution in [0.3, 0.4) is 0 Å². The van der Waals surface area contributed by atoms with Gasteiger partial charge >= 0.3 is 5.69 Å². The standard InChI is InChI=1S/C24H26N4O3/c1-15-5-9-20(10-6-15)26-23(30)19-8-7-16(2)21(14-19)27-22(29)11-12-28-18(4)13-17(3)25-24(28)31/h5-10,13-14H,11-12H2,1-4H3,(H,26,30)(H,27,29). The first-order chi connectivity index (χ1) is 14.7. The van der Waals surface area contributed by atoms with Crippen LogP contribution in [0.15, 0.2) is 53.3 Å². The van der Waals surface area contributed by atoms with Gasteiger partial charge in [0.2, 0.25) is 5.91 Å². The zero-order valence-corrected chi connectivity index (χ0v) is 18.2. The Bertz CT molecular complexity index is 1180. The highest BCUT2D eigenvalue weighted by Gasteiger charge is 2.12. The van der Waals surface area contributed by atoms with Crippen LogP contribution in [-0.2, 0) is 11.3 Å². The number of hydrogen-bond donors (Lipinski definition) is 2. The van der Waals surface area contributed by atoms with Crippen LogP contribution in [0.25, 0.3) is 0 Å². The molecule has 1 aromatic heterocycles. The maximum atomic E-state index is 12.6. The molecule has 0 aliphatic carbocycles. The number of anilines is 2. The lowest BCUT2D eigenvalue weighted by atomic mass is 10.1. The average Bonchev–Trinajstić information content (AvgIpc) is 2.70. The fourth-order valence-corrected chi connectivity index (χ4v) is 3.21. The zero-order valence-electron chi connectivity index (χ0n) is 18.2. The number of nitrogens with zero attached hydrogens (tertiary/aromatic N) is 2. The van der Waals surface area contributed by atoms with E-state index in [1.807, 2.05) is 45.0 Å². The van der Waals surface area contributed by atoms with Gasteiger partial charge in [-0.2, -0.15) is 4.98 Å². The Balaban J connectivity index is 1.67. The van der Waals surface area contributed by atoms with E-state index in [2.05, 4.69) is 15.6 Å². The number of amides is 2. The molecule has 0 fully saturated rings. The van der Waals surface area contributed by atoms with E-state index in [9.17, 15) is 14.4 Å². The van der Waals surface area contributed by atoms with Gasteiger partial charge in [0.1, 0.15) is 0 Å². The molecule has 0 saturated carbocycles. The Kier molecular flexibility index (Phi) is 6.65. The quantitative estimate of drug-likeness (QED) is 0.637. The number of aryl methyl sites for hydroxylation is 4. The van der Waals surface area contributed by atoms with Gasteiger partial charge in [-0.05, 0) is 63.6 Å². The summed E-state index contributed by atoms with van der Waals surface area (Å²) in [5, 5.41) is 5.70. The van der Waals surface area contributed by atoms with E-state index in [4.69, 9.17) is 0 Å². The number of hydrogen-bond acceptors (Lipinski definition) is 4. The number of aromatic nitrogens is 2. The third-order valence-corrected chi connectivity index (χ3v) is 4.99. The topological polar surface area (TPSA) is 93.1 Å². The second-order valence-corrected chi connectivity index (χ2v) is 7.62. The zero-order chi connectivity index (χ0) is 22.5. The summed E-state index contributed by atoms with van der Waals surface area (Å²) in [6, 6.07) is 14.5. The summed E-state index contributed by atoms with van der Waals surface area (Å²) in [4.78, 5) is 41.0. The van der Waals surface area contributed by atoms with Crippen molar-refractivity contribution in [3.05, 3.63) is 87.1 Å². The normalized spacial score (nSPS) is 10.6. The van der Waals surface area contributed by atoms with Crippen molar-refractivity contribution in [3.63, 3.8) is 0 Å². The van der Waals surface area contributed by atoms with Gasteiger partial charge in [-0.15, -0.1) is 0 Å². The highest BCUT2D eigenvalue weighted by Crippen LogP contribution is 2.19. The third-order valence-electron chi connectivity index (χ3n) is 4.99. The summed E-state index contributed by atoms with van der Waals surface area (Å²) in [7, 11) is 0. The van der Waals surface area contributed by atoms with Crippen LogP contribution in [-0.4, -0.2) is 21.4 Å². The molecule has 1 heterocycles. The summed E-state index contributed by atoms with van der Waals surface area (Å²) in [5.74, 6) is -0.502. The number of rotatable bonds is 6. The monoisotopic (exact) mass is 418 g/mol. The Morgan fingerprint density at radius 3 is 2.32 bits per heavy atom. The molecule has 0 bridgehead atoms. The first-order valence-electron chi connectivity index (χ1n) is 10.1. The molecule has 7 heteroatoms. The summed E-state index contributed by atoms with van der Waals surface area (Å²) in [6.07, 6.45) is 0.116. The van der Waals surface area contributed by atoms with Crippen LogP contribution in [0.5, 0.6) is 0 Å². The Morgan fingerprint density at radius 1 is 0.935 bits per heavy atom. The first kappa shape index (κ1) is 22.0. The Hall–Kier alpha value is -3.74. The lowest BCUT2D eigenvalue weighted by molar-refractivity contribution is -0.116. The van der Waals surface area contributed by atoms with Crippen LogP contribution in [0.1, 0.15) is 39.3 Å². The molecular formula is C24H26N4O3. The Labute approximate surface area is 181 Å². The fraction of sp³-hybridized carbons (Fsp3) is 0.250. The second kappa shape index (κ2) is 9.38. The second-order valence-electron chi connectivity index (χ2n) is 7.62. The van der Waals surface area contributed by atoms with Crippen LogP contribution in [0.4, 0.5) is 11.4 Å². The molecule has 3 aromatic rings. The molecule has 2 amide bonds. The maximum absolute atomic E-state index is 12.6. The van der Waals surface area contributed by atoms with Gasteiger partial charge in [0.15, 0.2) is 0 Å². The molecule has 0 radical (unpaired) electrons. The predicted molar refractivity (Wildman–Crippen MR) is 122 cm³/mol. The lowest BCUT2D eigenvalue weighted by Crippen LogP contribution is -2.27. The van der Waals surface area contributed by atoms with Crippen molar-refractivity contribution >= 4 is 23.2 Å². The molecule has 3 rings (SSSR count). The number of nitrogens with one attached hydrogen (secondary N) is 2. The summed E-state index contributed by atoms with van der Waals surface area (Å²) >= 11 is 0. The minimum Gasteiger partial charge on any atom is -0.326 e. The van der Waals surface area contributed by atoms with E-state index in [1.54, 1.807) is 31.2 Å². The molecule has 2 N–H and O–H groups in total. The van der Waals surface area contributed by atoms with Gasteiger partial charge in [0, 0.05) is 41.3 Å². The van der Waals surface area contributed by atoms with Crippen LogP contribution >= 0.6 is 0 Å². The third kappa shape index (κ3) is 5.66. The van der Waals surface area contributed by atoms with Crippen molar-refractivity contribution < 1.29 is 9.59 Å². The van der Waals surface area contributed by atoms with Crippen molar-refractivity contribution in [1.82, 2.24) is 9.55 Å². The van der Waals surface area contributed by atoms with Gasteiger partial charge in [-0.1, -0.05) is 23.8 Å². The predicted octanol–water partition coefficient (Wildman–Crippen LogP) is 3.76. The number of carbonyl (C=O) groups is 2. The van der Waals surface area contributed by atoms with Gasteiger partial charge in [0.25, 0.3) is 5.91 Å². The molecule has 2 aromatic carbocycles. The Morgan fingerprint density at radius 2 is 1.65 bits per heavy atom. The van der Waals surface area contributed by atoms with Crippen molar-refractivity contribution in [3.8, 4) is 0 Å². The summed E-state index contributed by atoms with van der Waals surface area (Å²) < 4.78 is 1.48. The molecule has 7 nitrogen and oxygen atoms in total. The molecule has 0 unspecified atom stereocenters. The van der Waals surface area contributed by atoms with E-state index in [0.29, 0.717) is 22.6 Å². The highest BCUT2D eigenvalue weighted by molar-refractivity contribution is 6.05. The number of benzene rings is 2. The molecule has 0 spiro atoms. The molecule has 31 heavy (non-hydrogen) atoms. The maximum Gasteiger partial charge on any atom is 0.347 e. The minimum absolute atomic E-state index is 0.116. The average molecular weight is 418 g/mol. The van der Waals surface area contributed by atoms with E-state index in [0.717, 1.165) is 16.8 Å². The van der Waals surface area contributed by atoms with Gasteiger partial charge < -0.3 is 10.6 Å². The van der Waals surface area contributed by atoms with Crippen LogP contribution < -0.4 is 16.3 Å². The molecule has 0 aliphatic heterocycles. The van der Waals surface area contributed by atoms with E-state index >= 15 is 0 Å². The van der Waals surface area contributed by atoms with Crippen LogP contribution in [0.2, 0.25) is 0 Å². The van der Waals surface area contributed by atoms with Gasteiger partial charge in [0.05, 0.1) is 0 Å². The van der Waals surface area contributed by atoms with E-state index in [1.165, 1.54) is 4.57 Å². The summed E-state index contributed by atoms with van der Waals surface area (Å²) in [5.41, 5.74) is 4.70.